The zero-order valence-electron chi connectivity index (χ0n) is 11.7. The Labute approximate surface area is 109 Å². The van der Waals surface area contributed by atoms with Crippen LogP contribution in [-0.4, -0.2) is 49.8 Å². The number of hydrogen-bond acceptors (Lipinski definition) is 4. The second-order valence-corrected chi connectivity index (χ2v) is 4.44. The summed E-state index contributed by atoms with van der Waals surface area (Å²) in [6.45, 7) is 2.12. The van der Waals surface area contributed by atoms with Crippen LogP contribution in [0.1, 0.15) is 18.4 Å². The Morgan fingerprint density at radius 3 is 2.78 bits per heavy atom. The van der Waals surface area contributed by atoms with Crippen LogP contribution in [0.2, 0.25) is 0 Å². The summed E-state index contributed by atoms with van der Waals surface area (Å²) in [6.07, 6.45) is 7.19. The van der Waals surface area contributed by atoms with E-state index in [4.69, 9.17) is 9.47 Å². The van der Waals surface area contributed by atoms with Gasteiger partial charge in [0.1, 0.15) is 0 Å². The highest BCUT2D eigenvalue weighted by Gasteiger charge is 2.07. The molecule has 5 heteroatoms. The van der Waals surface area contributed by atoms with Gasteiger partial charge in [0.05, 0.1) is 19.4 Å². The lowest BCUT2D eigenvalue weighted by molar-refractivity contribution is 0.0658. The number of methoxy groups -OCH3 is 1. The van der Waals surface area contributed by atoms with Crippen molar-refractivity contribution in [2.45, 2.75) is 25.3 Å². The quantitative estimate of drug-likeness (QED) is 0.634. The summed E-state index contributed by atoms with van der Waals surface area (Å²) in [5, 5.41) is 7.51. The standard InChI is InChI=1S/C13H25N3O2/c1-14-13(6-7-18-9-8-17-3)5-4-12-10-15-16(2)11-12/h10-11,13-14H,4-9H2,1-3H3. The molecule has 0 aliphatic carbocycles. The molecule has 0 spiro atoms. The van der Waals surface area contributed by atoms with Crippen molar-refractivity contribution in [3.8, 4) is 0 Å². The second-order valence-electron chi connectivity index (χ2n) is 4.44. The minimum atomic E-state index is 0.493. The Morgan fingerprint density at radius 2 is 2.17 bits per heavy atom. The Morgan fingerprint density at radius 1 is 1.33 bits per heavy atom. The van der Waals surface area contributed by atoms with Crippen LogP contribution in [0.25, 0.3) is 0 Å². The van der Waals surface area contributed by atoms with Crippen molar-refractivity contribution in [1.82, 2.24) is 15.1 Å². The smallest absolute Gasteiger partial charge is 0.0700 e. The van der Waals surface area contributed by atoms with Crippen LogP contribution >= 0.6 is 0 Å². The molecule has 1 rings (SSSR count). The van der Waals surface area contributed by atoms with Crippen molar-refractivity contribution in [3.05, 3.63) is 18.0 Å². The Bertz CT molecular complexity index is 315. The van der Waals surface area contributed by atoms with Gasteiger partial charge in [-0.05, 0) is 31.9 Å². The van der Waals surface area contributed by atoms with Gasteiger partial charge < -0.3 is 14.8 Å². The number of rotatable bonds is 10. The van der Waals surface area contributed by atoms with Gasteiger partial charge in [-0.1, -0.05) is 0 Å². The number of nitrogens with zero attached hydrogens (tertiary/aromatic N) is 2. The molecule has 104 valence electrons. The highest BCUT2D eigenvalue weighted by molar-refractivity contribution is 5.03. The largest absolute Gasteiger partial charge is 0.382 e. The van der Waals surface area contributed by atoms with Gasteiger partial charge in [0.25, 0.3) is 0 Å². The van der Waals surface area contributed by atoms with Crippen molar-refractivity contribution in [2.75, 3.05) is 34.0 Å². The lowest BCUT2D eigenvalue weighted by Gasteiger charge is -2.15. The first-order valence-electron chi connectivity index (χ1n) is 6.47. The van der Waals surface area contributed by atoms with E-state index in [1.165, 1.54) is 5.56 Å². The van der Waals surface area contributed by atoms with Gasteiger partial charge >= 0.3 is 0 Å². The third kappa shape index (κ3) is 6.14. The molecule has 0 fully saturated rings. The fourth-order valence-electron chi connectivity index (χ4n) is 1.84. The fourth-order valence-corrected chi connectivity index (χ4v) is 1.84. The van der Waals surface area contributed by atoms with E-state index in [-0.39, 0.29) is 0 Å². The predicted molar refractivity (Wildman–Crippen MR) is 71.7 cm³/mol. The number of aromatic nitrogens is 2. The molecule has 18 heavy (non-hydrogen) atoms. The van der Waals surface area contributed by atoms with Gasteiger partial charge in [-0.2, -0.15) is 5.10 Å². The van der Waals surface area contributed by atoms with Crippen molar-refractivity contribution in [3.63, 3.8) is 0 Å². The van der Waals surface area contributed by atoms with E-state index in [2.05, 4.69) is 16.6 Å². The molecule has 0 radical (unpaired) electrons. The van der Waals surface area contributed by atoms with E-state index in [0.717, 1.165) is 25.9 Å². The molecule has 1 N–H and O–H groups in total. The van der Waals surface area contributed by atoms with Crippen molar-refractivity contribution < 1.29 is 9.47 Å². The maximum atomic E-state index is 5.48. The first-order chi connectivity index (χ1) is 8.76. The van der Waals surface area contributed by atoms with E-state index in [1.807, 2.05) is 25.0 Å². The molecular formula is C13H25N3O2. The summed E-state index contributed by atoms with van der Waals surface area (Å²) in [6, 6.07) is 0.493. The van der Waals surface area contributed by atoms with Gasteiger partial charge in [-0.15, -0.1) is 0 Å². The van der Waals surface area contributed by atoms with Crippen molar-refractivity contribution in [2.24, 2.45) is 7.05 Å². The van der Waals surface area contributed by atoms with E-state index >= 15 is 0 Å². The van der Waals surface area contributed by atoms with Crippen LogP contribution in [-0.2, 0) is 22.9 Å². The molecule has 0 aliphatic rings. The molecule has 1 aromatic heterocycles. The normalized spacial score (nSPS) is 12.8. The maximum absolute atomic E-state index is 5.48. The fraction of sp³-hybridized carbons (Fsp3) is 0.769. The van der Waals surface area contributed by atoms with E-state index < -0.39 is 0 Å². The van der Waals surface area contributed by atoms with Gasteiger partial charge in [0.15, 0.2) is 0 Å². The van der Waals surface area contributed by atoms with Gasteiger partial charge in [0.2, 0.25) is 0 Å². The molecule has 1 atom stereocenters. The average Bonchev–Trinajstić information content (AvgIpc) is 2.78. The SMILES string of the molecule is CNC(CCOCCOC)CCc1cnn(C)c1. The number of hydrogen-bond donors (Lipinski definition) is 1. The summed E-state index contributed by atoms with van der Waals surface area (Å²) in [5.41, 5.74) is 1.29. The lowest BCUT2D eigenvalue weighted by Crippen LogP contribution is -2.27. The Kier molecular flexibility index (Phi) is 7.64. The molecular weight excluding hydrogens is 230 g/mol. The first-order valence-corrected chi connectivity index (χ1v) is 6.47. The van der Waals surface area contributed by atoms with E-state index in [1.54, 1.807) is 7.11 Å². The summed E-state index contributed by atoms with van der Waals surface area (Å²) in [4.78, 5) is 0. The number of nitrogens with one attached hydrogen (secondary N) is 1. The second kappa shape index (κ2) is 9.08. The van der Waals surface area contributed by atoms with Crippen LogP contribution in [0.3, 0.4) is 0 Å². The molecule has 0 aliphatic heterocycles. The van der Waals surface area contributed by atoms with Crippen LogP contribution in [0, 0.1) is 0 Å². The topological polar surface area (TPSA) is 48.3 Å². The van der Waals surface area contributed by atoms with Gasteiger partial charge in [0, 0.05) is 33.0 Å². The van der Waals surface area contributed by atoms with Gasteiger partial charge in [-0.25, -0.2) is 0 Å². The van der Waals surface area contributed by atoms with Crippen LogP contribution in [0.5, 0.6) is 0 Å². The summed E-state index contributed by atoms with van der Waals surface area (Å²) in [5.74, 6) is 0. The van der Waals surface area contributed by atoms with Crippen LogP contribution in [0.4, 0.5) is 0 Å². The minimum Gasteiger partial charge on any atom is -0.382 e. The van der Waals surface area contributed by atoms with Crippen LogP contribution < -0.4 is 5.32 Å². The van der Waals surface area contributed by atoms with E-state index in [9.17, 15) is 0 Å². The number of aryl methyl sites for hydroxylation is 2. The monoisotopic (exact) mass is 255 g/mol. The highest BCUT2D eigenvalue weighted by atomic mass is 16.5. The molecule has 0 bridgehead atoms. The lowest BCUT2D eigenvalue weighted by atomic mass is 10.1. The van der Waals surface area contributed by atoms with Crippen LogP contribution in [0.15, 0.2) is 12.4 Å². The molecule has 0 saturated heterocycles. The summed E-state index contributed by atoms with van der Waals surface area (Å²) < 4.78 is 12.3. The molecule has 0 amide bonds. The molecule has 1 unspecified atom stereocenters. The maximum Gasteiger partial charge on any atom is 0.0700 e. The summed E-state index contributed by atoms with van der Waals surface area (Å²) >= 11 is 0. The Hall–Kier alpha value is -0.910. The number of ether oxygens (including phenoxy) is 2. The molecule has 1 aromatic rings. The zero-order valence-corrected chi connectivity index (χ0v) is 11.7. The Balaban J connectivity index is 2.13. The van der Waals surface area contributed by atoms with Crippen molar-refractivity contribution in [1.29, 1.82) is 0 Å². The average molecular weight is 255 g/mol. The van der Waals surface area contributed by atoms with Gasteiger partial charge in [-0.3, -0.25) is 4.68 Å². The predicted octanol–water partition coefficient (Wildman–Crippen LogP) is 0.994. The highest BCUT2D eigenvalue weighted by Crippen LogP contribution is 2.06. The first kappa shape index (κ1) is 15.1. The van der Waals surface area contributed by atoms with Crippen molar-refractivity contribution >= 4 is 0 Å². The third-order valence-corrected chi connectivity index (χ3v) is 2.99. The molecule has 5 nitrogen and oxygen atoms in total. The summed E-state index contributed by atoms with van der Waals surface area (Å²) in [7, 11) is 5.64. The third-order valence-electron chi connectivity index (χ3n) is 2.99. The zero-order chi connectivity index (χ0) is 13.2. The molecule has 0 saturated carbocycles. The minimum absolute atomic E-state index is 0.493. The molecule has 1 heterocycles. The molecule has 0 aromatic carbocycles. The van der Waals surface area contributed by atoms with E-state index in [0.29, 0.717) is 19.3 Å².